The van der Waals surface area contributed by atoms with Crippen LogP contribution < -0.4 is 0 Å². The van der Waals surface area contributed by atoms with Crippen molar-refractivity contribution in [1.82, 2.24) is 15.0 Å². The summed E-state index contributed by atoms with van der Waals surface area (Å²) in [7, 11) is 0. The number of hydrogen-bond donors (Lipinski definition) is 0. The van der Waals surface area contributed by atoms with Crippen LogP contribution in [-0.2, 0) is 0 Å². The zero-order chi connectivity index (χ0) is 10.3. The number of aromatic nitrogens is 3. The van der Waals surface area contributed by atoms with Crippen molar-refractivity contribution >= 4 is 45.8 Å². The van der Waals surface area contributed by atoms with Crippen LogP contribution in [0.1, 0.15) is 5.69 Å². The lowest BCUT2D eigenvalue weighted by Gasteiger charge is -2.02. The molecule has 0 amide bonds. The Morgan fingerprint density at radius 2 is 1.71 bits per heavy atom. The first-order valence-corrected chi connectivity index (χ1v) is 4.87. The van der Waals surface area contributed by atoms with E-state index in [1.807, 2.05) is 6.92 Å². The minimum Gasteiger partial charge on any atom is -0.248 e. The monoisotopic (exact) mass is 247 g/mol. The van der Waals surface area contributed by atoms with Crippen LogP contribution >= 0.6 is 34.8 Å². The molecule has 0 saturated heterocycles. The third-order valence-electron chi connectivity index (χ3n) is 1.66. The smallest absolute Gasteiger partial charge is 0.224 e. The zero-order valence-corrected chi connectivity index (χ0v) is 9.32. The summed E-state index contributed by atoms with van der Waals surface area (Å²) in [5, 5.41) is 0.749. The number of hydrogen-bond acceptors (Lipinski definition) is 3. The van der Waals surface area contributed by atoms with Crippen molar-refractivity contribution in [3.63, 3.8) is 0 Å². The molecule has 2 aromatic heterocycles. The van der Waals surface area contributed by atoms with E-state index in [9.17, 15) is 0 Å². The van der Waals surface area contributed by atoms with Crippen LogP contribution in [0.25, 0.3) is 11.0 Å². The van der Waals surface area contributed by atoms with E-state index in [1.165, 1.54) is 0 Å². The zero-order valence-electron chi connectivity index (χ0n) is 7.05. The molecule has 2 rings (SSSR count). The summed E-state index contributed by atoms with van der Waals surface area (Å²) in [6, 6.07) is 1.70. The van der Waals surface area contributed by atoms with Crippen molar-refractivity contribution in [2.75, 3.05) is 0 Å². The minimum absolute atomic E-state index is 0.0649. The average molecular weight is 249 g/mol. The summed E-state index contributed by atoms with van der Waals surface area (Å²) in [6.07, 6.45) is 0. The second-order valence-corrected chi connectivity index (χ2v) is 3.83. The number of pyridine rings is 1. The Kier molecular flexibility index (Phi) is 2.47. The normalized spacial score (nSPS) is 10.9. The first-order valence-electron chi connectivity index (χ1n) is 3.74. The van der Waals surface area contributed by atoms with Gasteiger partial charge in [-0.2, -0.15) is 0 Å². The van der Waals surface area contributed by atoms with E-state index in [0.29, 0.717) is 16.1 Å². The van der Waals surface area contributed by atoms with Crippen molar-refractivity contribution in [3.8, 4) is 0 Å². The molecule has 0 aliphatic rings. The van der Waals surface area contributed by atoms with Gasteiger partial charge < -0.3 is 0 Å². The van der Waals surface area contributed by atoms with Crippen LogP contribution in [0.2, 0.25) is 15.5 Å². The Hall–Kier alpha value is -0.640. The SMILES string of the molecule is Cc1cc(Cl)c2nc(Cl)nc(Cl)c2n1. The molecule has 2 aromatic rings. The molecule has 6 heteroatoms. The molecule has 0 saturated carbocycles. The second-order valence-electron chi connectivity index (χ2n) is 2.73. The van der Waals surface area contributed by atoms with Gasteiger partial charge in [0.05, 0.1) is 5.02 Å². The molecule has 0 aromatic carbocycles. The van der Waals surface area contributed by atoms with Crippen molar-refractivity contribution in [2.24, 2.45) is 0 Å². The third kappa shape index (κ3) is 1.63. The number of aryl methyl sites for hydroxylation is 1. The number of rotatable bonds is 0. The molecule has 0 aliphatic carbocycles. The molecule has 0 fully saturated rings. The summed E-state index contributed by atoms with van der Waals surface area (Å²) >= 11 is 17.5. The Labute approximate surface area is 95.0 Å². The van der Waals surface area contributed by atoms with Crippen molar-refractivity contribution < 1.29 is 0 Å². The maximum absolute atomic E-state index is 5.96. The van der Waals surface area contributed by atoms with Gasteiger partial charge in [0, 0.05) is 5.69 Å². The molecule has 0 spiro atoms. The highest BCUT2D eigenvalue weighted by Gasteiger charge is 2.09. The van der Waals surface area contributed by atoms with Crippen LogP contribution in [0, 0.1) is 6.92 Å². The third-order valence-corrected chi connectivity index (χ3v) is 2.38. The van der Waals surface area contributed by atoms with Gasteiger partial charge in [0.2, 0.25) is 5.28 Å². The average Bonchev–Trinajstić information content (AvgIpc) is 2.07. The number of halogens is 3. The summed E-state index contributed by atoms with van der Waals surface area (Å²) in [6.45, 7) is 1.82. The lowest BCUT2D eigenvalue weighted by atomic mass is 10.3. The fourth-order valence-corrected chi connectivity index (χ4v) is 1.84. The minimum atomic E-state index is 0.0649. The van der Waals surface area contributed by atoms with Crippen LogP contribution in [0.3, 0.4) is 0 Å². The van der Waals surface area contributed by atoms with E-state index in [1.54, 1.807) is 6.07 Å². The van der Waals surface area contributed by atoms with Gasteiger partial charge in [-0.15, -0.1) is 0 Å². The summed E-state index contributed by atoms with van der Waals surface area (Å²) in [5.41, 5.74) is 1.71. The van der Waals surface area contributed by atoms with Crippen molar-refractivity contribution in [2.45, 2.75) is 6.92 Å². The van der Waals surface area contributed by atoms with E-state index in [0.717, 1.165) is 5.69 Å². The van der Waals surface area contributed by atoms with E-state index in [-0.39, 0.29) is 10.4 Å². The van der Waals surface area contributed by atoms with Crippen molar-refractivity contribution in [3.05, 3.63) is 27.2 Å². The van der Waals surface area contributed by atoms with Gasteiger partial charge in [-0.25, -0.2) is 15.0 Å². The first kappa shape index (κ1) is 9.90. The predicted molar refractivity (Wildman–Crippen MR) is 57.1 cm³/mol. The molecular weight excluding hydrogens is 244 g/mol. The number of nitrogens with zero attached hydrogens (tertiary/aromatic N) is 3. The van der Waals surface area contributed by atoms with Gasteiger partial charge in [0.15, 0.2) is 5.15 Å². The Morgan fingerprint density at radius 3 is 2.43 bits per heavy atom. The van der Waals surface area contributed by atoms with Crippen LogP contribution in [0.15, 0.2) is 6.07 Å². The van der Waals surface area contributed by atoms with Gasteiger partial charge in [-0.05, 0) is 24.6 Å². The molecule has 14 heavy (non-hydrogen) atoms. The van der Waals surface area contributed by atoms with E-state index >= 15 is 0 Å². The highest BCUT2D eigenvalue weighted by Crippen LogP contribution is 2.26. The molecule has 2 heterocycles. The largest absolute Gasteiger partial charge is 0.248 e. The van der Waals surface area contributed by atoms with E-state index in [4.69, 9.17) is 34.8 Å². The molecule has 0 bridgehead atoms. The highest BCUT2D eigenvalue weighted by molar-refractivity contribution is 6.39. The van der Waals surface area contributed by atoms with Crippen molar-refractivity contribution in [1.29, 1.82) is 0 Å². The summed E-state index contributed by atoms with van der Waals surface area (Å²) in [4.78, 5) is 11.9. The van der Waals surface area contributed by atoms with Gasteiger partial charge in [0.25, 0.3) is 0 Å². The van der Waals surface area contributed by atoms with E-state index < -0.39 is 0 Å². The standard InChI is InChI=1S/C8H4Cl3N3/c1-3-2-4(9)5-6(12-3)7(10)14-8(11)13-5/h2H,1H3. The lowest BCUT2D eigenvalue weighted by molar-refractivity contribution is 1.17. The summed E-state index contributed by atoms with van der Waals surface area (Å²) < 4.78 is 0. The van der Waals surface area contributed by atoms with Crippen LogP contribution in [0.4, 0.5) is 0 Å². The maximum Gasteiger partial charge on any atom is 0.224 e. The predicted octanol–water partition coefficient (Wildman–Crippen LogP) is 3.29. The lowest BCUT2D eigenvalue weighted by Crippen LogP contribution is -1.92. The van der Waals surface area contributed by atoms with Gasteiger partial charge in [0.1, 0.15) is 11.0 Å². The van der Waals surface area contributed by atoms with Gasteiger partial charge in [-0.3, -0.25) is 0 Å². The van der Waals surface area contributed by atoms with E-state index in [2.05, 4.69) is 15.0 Å². The molecule has 0 aliphatic heterocycles. The Balaban J connectivity index is 2.94. The molecular formula is C8H4Cl3N3. The van der Waals surface area contributed by atoms with Crippen LogP contribution in [-0.4, -0.2) is 15.0 Å². The molecule has 0 atom stereocenters. The fourth-order valence-electron chi connectivity index (χ4n) is 1.13. The molecule has 72 valence electrons. The van der Waals surface area contributed by atoms with Gasteiger partial charge in [-0.1, -0.05) is 23.2 Å². The Bertz CT molecular complexity index is 465. The second kappa shape index (κ2) is 3.50. The summed E-state index contributed by atoms with van der Waals surface area (Å²) in [5.74, 6) is 0. The number of fused-ring (bicyclic) bond motifs is 1. The first-order chi connectivity index (χ1) is 6.58. The fraction of sp³-hybridized carbons (Fsp3) is 0.125. The molecule has 0 unspecified atom stereocenters. The highest BCUT2D eigenvalue weighted by atomic mass is 35.5. The molecule has 0 radical (unpaired) electrons. The van der Waals surface area contributed by atoms with Crippen LogP contribution in [0.5, 0.6) is 0 Å². The topological polar surface area (TPSA) is 38.7 Å². The maximum atomic E-state index is 5.96. The van der Waals surface area contributed by atoms with Gasteiger partial charge >= 0.3 is 0 Å². The molecule has 3 nitrogen and oxygen atoms in total. The molecule has 0 N–H and O–H groups in total. The quantitative estimate of drug-likeness (QED) is 0.530. The Morgan fingerprint density at radius 1 is 1.00 bits per heavy atom.